The summed E-state index contributed by atoms with van der Waals surface area (Å²) in [5.41, 5.74) is 12.8. The van der Waals surface area contributed by atoms with Crippen LogP contribution < -0.4 is 0 Å². The van der Waals surface area contributed by atoms with E-state index in [1.54, 1.807) is 0 Å². The minimum absolute atomic E-state index is 0.0289. The number of fused-ring (bicyclic) bond motifs is 3. The highest BCUT2D eigenvalue weighted by Crippen LogP contribution is 2.44. The maximum atomic E-state index is 12.6. The van der Waals surface area contributed by atoms with E-state index < -0.39 is 6.09 Å². The molecule has 0 bridgehead atoms. The number of nitrogens with zero attached hydrogens (tertiary/aromatic N) is 5. The Labute approximate surface area is 198 Å². The average Bonchev–Trinajstić information content (AvgIpc) is 3.16. The Morgan fingerprint density at radius 2 is 1.56 bits per heavy atom. The molecule has 0 aromatic heterocycles. The van der Waals surface area contributed by atoms with Crippen LogP contribution in [-0.4, -0.2) is 67.9 Å². The zero-order valence-electron chi connectivity index (χ0n) is 19.5. The smallest absolute Gasteiger partial charge is 0.409 e. The van der Waals surface area contributed by atoms with E-state index in [9.17, 15) is 14.4 Å². The number of azide groups is 1. The largest absolute Gasteiger partial charge is 0.448 e. The number of carbonyl (C=O) groups is 3. The maximum absolute atomic E-state index is 12.6. The summed E-state index contributed by atoms with van der Waals surface area (Å²) in [6.45, 7) is 0.315. The van der Waals surface area contributed by atoms with Gasteiger partial charge in [0, 0.05) is 37.9 Å². The number of Topliss-reactive ketones (excluding diaryl/α,β-unsaturated/α-hetero) is 1. The molecule has 0 saturated heterocycles. The Morgan fingerprint density at radius 3 is 2.18 bits per heavy atom. The Hall–Kier alpha value is -3.84. The van der Waals surface area contributed by atoms with Crippen LogP contribution in [0.2, 0.25) is 0 Å². The van der Waals surface area contributed by atoms with E-state index in [0.29, 0.717) is 25.8 Å². The number of rotatable bonds is 11. The molecule has 0 atom stereocenters. The van der Waals surface area contributed by atoms with Crippen molar-refractivity contribution in [2.24, 2.45) is 5.11 Å². The molecule has 0 spiro atoms. The third-order valence-electron chi connectivity index (χ3n) is 5.89. The van der Waals surface area contributed by atoms with E-state index in [2.05, 4.69) is 22.2 Å². The van der Waals surface area contributed by atoms with E-state index in [1.807, 2.05) is 36.4 Å². The van der Waals surface area contributed by atoms with Gasteiger partial charge in [-0.1, -0.05) is 53.6 Å². The van der Waals surface area contributed by atoms with E-state index in [-0.39, 0.29) is 37.3 Å². The summed E-state index contributed by atoms with van der Waals surface area (Å²) < 4.78 is 5.56. The molecule has 0 fully saturated rings. The van der Waals surface area contributed by atoms with Crippen LogP contribution in [0, 0.1) is 0 Å². The van der Waals surface area contributed by atoms with E-state index >= 15 is 0 Å². The third kappa shape index (κ3) is 6.14. The SMILES string of the molecule is CN(CC(=O)CCCCN=[N+]=[N-])C(=O)CN(C)C(=O)OCC1c2ccccc2-c2ccccc21. The molecule has 0 heterocycles. The van der Waals surface area contributed by atoms with Crippen LogP contribution in [-0.2, 0) is 14.3 Å². The molecular formula is C25H29N5O4. The lowest BCUT2D eigenvalue weighted by atomic mass is 9.98. The molecule has 0 N–H and O–H groups in total. The fraction of sp³-hybridized carbons (Fsp3) is 0.400. The molecular weight excluding hydrogens is 434 g/mol. The molecule has 2 aromatic rings. The Kier molecular flexibility index (Phi) is 8.65. The van der Waals surface area contributed by atoms with Gasteiger partial charge in [-0.3, -0.25) is 9.59 Å². The first-order valence-corrected chi connectivity index (χ1v) is 11.2. The van der Waals surface area contributed by atoms with Crippen molar-refractivity contribution in [2.75, 3.05) is 40.3 Å². The van der Waals surface area contributed by atoms with Gasteiger partial charge >= 0.3 is 6.09 Å². The quantitative estimate of drug-likeness (QED) is 0.213. The average molecular weight is 464 g/mol. The first-order chi connectivity index (χ1) is 16.4. The normalized spacial score (nSPS) is 11.7. The lowest BCUT2D eigenvalue weighted by Crippen LogP contribution is -2.41. The first kappa shape index (κ1) is 24.8. The van der Waals surface area contributed by atoms with Gasteiger partial charge in [0.2, 0.25) is 5.91 Å². The van der Waals surface area contributed by atoms with Crippen LogP contribution in [0.4, 0.5) is 4.79 Å². The van der Waals surface area contributed by atoms with Gasteiger partial charge < -0.3 is 14.5 Å². The van der Waals surface area contributed by atoms with Gasteiger partial charge in [0.15, 0.2) is 5.78 Å². The van der Waals surface area contributed by atoms with E-state index in [1.165, 1.54) is 23.9 Å². The van der Waals surface area contributed by atoms with Crippen molar-refractivity contribution in [3.8, 4) is 11.1 Å². The highest BCUT2D eigenvalue weighted by molar-refractivity contribution is 5.88. The number of benzene rings is 2. The molecule has 0 aliphatic heterocycles. The van der Waals surface area contributed by atoms with Crippen molar-refractivity contribution in [1.82, 2.24) is 9.80 Å². The highest BCUT2D eigenvalue weighted by Gasteiger charge is 2.29. The zero-order valence-corrected chi connectivity index (χ0v) is 19.5. The zero-order chi connectivity index (χ0) is 24.5. The molecule has 178 valence electrons. The second-order valence-corrected chi connectivity index (χ2v) is 8.36. The highest BCUT2D eigenvalue weighted by atomic mass is 16.6. The molecule has 0 saturated carbocycles. The van der Waals surface area contributed by atoms with Gasteiger partial charge in [0.05, 0.1) is 6.54 Å². The predicted octanol–water partition coefficient (Wildman–Crippen LogP) is 4.38. The summed E-state index contributed by atoms with van der Waals surface area (Å²) in [4.78, 5) is 42.3. The van der Waals surface area contributed by atoms with Crippen molar-refractivity contribution in [3.63, 3.8) is 0 Å². The van der Waals surface area contributed by atoms with E-state index in [4.69, 9.17) is 10.3 Å². The summed E-state index contributed by atoms with van der Waals surface area (Å²) in [6.07, 6.45) is 0.936. The number of unbranched alkanes of at least 4 members (excludes halogenated alkanes) is 1. The monoisotopic (exact) mass is 463 g/mol. The summed E-state index contributed by atoms with van der Waals surface area (Å²) in [5.74, 6) is -0.487. The number of carbonyl (C=O) groups excluding carboxylic acids is 3. The van der Waals surface area contributed by atoms with Crippen molar-refractivity contribution in [2.45, 2.75) is 25.2 Å². The van der Waals surface area contributed by atoms with Gasteiger partial charge in [-0.15, -0.1) is 0 Å². The summed E-state index contributed by atoms with van der Waals surface area (Å²) in [7, 11) is 3.04. The number of hydrogen-bond donors (Lipinski definition) is 0. The molecule has 0 radical (unpaired) electrons. The van der Waals surface area contributed by atoms with Crippen molar-refractivity contribution >= 4 is 17.8 Å². The molecule has 1 aliphatic rings. The van der Waals surface area contributed by atoms with Crippen molar-refractivity contribution in [1.29, 1.82) is 0 Å². The summed E-state index contributed by atoms with van der Waals surface area (Å²) >= 11 is 0. The van der Waals surface area contributed by atoms with E-state index in [0.717, 1.165) is 22.3 Å². The maximum Gasteiger partial charge on any atom is 0.409 e. The van der Waals surface area contributed by atoms with Crippen molar-refractivity contribution in [3.05, 3.63) is 70.1 Å². The van der Waals surface area contributed by atoms with Gasteiger partial charge in [0.25, 0.3) is 0 Å². The van der Waals surface area contributed by atoms with Crippen LogP contribution in [0.3, 0.4) is 0 Å². The molecule has 2 aromatic carbocycles. The number of hydrogen-bond acceptors (Lipinski definition) is 5. The minimum atomic E-state index is -0.590. The van der Waals surface area contributed by atoms with Crippen LogP contribution >= 0.6 is 0 Å². The molecule has 2 amide bonds. The molecule has 34 heavy (non-hydrogen) atoms. The Bertz CT molecular complexity index is 1050. The topological polar surface area (TPSA) is 116 Å². The first-order valence-electron chi connectivity index (χ1n) is 11.2. The third-order valence-corrected chi connectivity index (χ3v) is 5.89. The lowest BCUT2D eigenvalue weighted by Gasteiger charge is -2.22. The number of ether oxygens (including phenoxy) is 1. The minimum Gasteiger partial charge on any atom is -0.448 e. The predicted molar refractivity (Wildman–Crippen MR) is 128 cm³/mol. The summed E-state index contributed by atoms with van der Waals surface area (Å²) in [5, 5.41) is 3.42. The number of likely N-dealkylation sites (N-methyl/N-ethyl adjacent to an activating group) is 2. The standard InChI is InChI=1S/C25H29N5O4/c1-29(15-18(31)9-7-8-14-27-28-26)24(32)16-30(2)25(33)34-17-23-21-12-5-3-10-19(21)20-11-4-6-13-22(20)23/h3-6,10-13,23H,7-9,14-17H2,1-2H3. The Morgan fingerprint density at radius 1 is 0.941 bits per heavy atom. The molecule has 9 nitrogen and oxygen atoms in total. The fourth-order valence-corrected chi connectivity index (χ4v) is 4.07. The summed E-state index contributed by atoms with van der Waals surface area (Å²) in [6, 6.07) is 16.2. The van der Waals surface area contributed by atoms with Crippen LogP contribution in [0.25, 0.3) is 21.6 Å². The molecule has 0 unspecified atom stereocenters. The number of amides is 2. The van der Waals surface area contributed by atoms with Crippen LogP contribution in [0.1, 0.15) is 36.3 Å². The molecule has 3 rings (SSSR count). The van der Waals surface area contributed by atoms with Crippen LogP contribution in [0.5, 0.6) is 0 Å². The van der Waals surface area contributed by atoms with Gasteiger partial charge in [0.1, 0.15) is 13.2 Å². The van der Waals surface area contributed by atoms with Crippen LogP contribution in [0.15, 0.2) is 53.6 Å². The van der Waals surface area contributed by atoms with Gasteiger partial charge in [-0.2, -0.15) is 0 Å². The lowest BCUT2D eigenvalue weighted by molar-refractivity contribution is -0.134. The number of ketones is 1. The van der Waals surface area contributed by atoms with Crippen molar-refractivity contribution < 1.29 is 19.1 Å². The molecule has 9 heteroatoms. The van der Waals surface area contributed by atoms with Gasteiger partial charge in [-0.05, 0) is 40.6 Å². The second kappa shape index (κ2) is 11.9. The van der Waals surface area contributed by atoms with Gasteiger partial charge in [-0.25, -0.2) is 4.79 Å². The molecule has 1 aliphatic carbocycles. The fourth-order valence-electron chi connectivity index (χ4n) is 4.07. The Balaban J connectivity index is 1.47. The second-order valence-electron chi connectivity index (χ2n) is 8.36.